The number of pyridine rings is 1. The third-order valence-corrected chi connectivity index (χ3v) is 4.63. The number of hydrogen-bond acceptors (Lipinski definition) is 4. The van der Waals surface area contributed by atoms with Crippen molar-refractivity contribution in [3.05, 3.63) is 78.0 Å². The molecule has 4 rings (SSSR count). The molecule has 1 N–H and O–H groups in total. The van der Waals surface area contributed by atoms with Crippen LogP contribution in [0.2, 0.25) is 0 Å². The quantitative estimate of drug-likeness (QED) is 0.241. The predicted molar refractivity (Wildman–Crippen MR) is 107 cm³/mol. The van der Waals surface area contributed by atoms with Crippen LogP contribution in [0.15, 0.2) is 71.9 Å². The Labute approximate surface area is 158 Å². The van der Waals surface area contributed by atoms with E-state index in [4.69, 9.17) is 4.74 Å². The summed E-state index contributed by atoms with van der Waals surface area (Å²) in [6.45, 7) is 3.40. The van der Waals surface area contributed by atoms with Crippen molar-refractivity contribution in [1.82, 2.24) is 9.88 Å². The summed E-state index contributed by atoms with van der Waals surface area (Å²) in [5.41, 5.74) is 1.51. The number of rotatable bonds is 3. The monoisotopic (exact) mass is 359 g/mol. The molecule has 2 aromatic carbocycles. The van der Waals surface area contributed by atoms with Gasteiger partial charge in [-0.15, -0.1) is 0 Å². The summed E-state index contributed by atoms with van der Waals surface area (Å²) in [5, 5.41) is 15.5. The molecule has 1 aliphatic heterocycles. The van der Waals surface area contributed by atoms with Crippen molar-refractivity contribution in [1.29, 1.82) is 0 Å². The number of nitrogens with zero attached hydrogens (tertiary/aromatic N) is 3. The highest BCUT2D eigenvalue weighted by Gasteiger charge is 2.20. The molecule has 5 heteroatoms. The number of aromatic nitrogens is 1. The molecule has 0 radical (unpaired) electrons. The molecule has 2 heterocycles. The minimum atomic E-state index is 0.438. The SMILES string of the molecule is Cc1ccc(/C(=N/O)N2CC=CCC2)c(Oc2ccc3ccccc3c2)n1. The largest absolute Gasteiger partial charge is 0.438 e. The van der Waals surface area contributed by atoms with E-state index >= 15 is 0 Å². The van der Waals surface area contributed by atoms with Gasteiger partial charge in [0.15, 0.2) is 5.84 Å². The number of benzene rings is 2. The molecule has 0 bridgehead atoms. The lowest BCUT2D eigenvalue weighted by atomic mass is 10.1. The molecule has 27 heavy (non-hydrogen) atoms. The smallest absolute Gasteiger partial charge is 0.230 e. The van der Waals surface area contributed by atoms with Crippen LogP contribution in [0.5, 0.6) is 11.6 Å². The fourth-order valence-electron chi connectivity index (χ4n) is 3.24. The average Bonchev–Trinajstić information content (AvgIpc) is 2.71. The fourth-order valence-corrected chi connectivity index (χ4v) is 3.24. The number of oxime groups is 1. The maximum atomic E-state index is 9.67. The van der Waals surface area contributed by atoms with Gasteiger partial charge >= 0.3 is 0 Å². The second-order valence-electron chi connectivity index (χ2n) is 6.55. The molecule has 0 aliphatic carbocycles. The Bertz CT molecular complexity index is 1030. The van der Waals surface area contributed by atoms with Crippen LogP contribution in [0, 0.1) is 6.92 Å². The Morgan fingerprint density at radius 2 is 1.93 bits per heavy atom. The zero-order chi connectivity index (χ0) is 18.6. The molecular weight excluding hydrogens is 338 g/mol. The maximum absolute atomic E-state index is 9.67. The van der Waals surface area contributed by atoms with Crippen LogP contribution in [-0.2, 0) is 0 Å². The summed E-state index contributed by atoms with van der Waals surface area (Å²) in [6.07, 6.45) is 5.12. The summed E-state index contributed by atoms with van der Waals surface area (Å²) >= 11 is 0. The number of ether oxygens (including phenoxy) is 1. The molecule has 1 aliphatic rings. The van der Waals surface area contributed by atoms with E-state index in [1.807, 2.05) is 60.4 Å². The van der Waals surface area contributed by atoms with Gasteiger partial charge < -0.3 is 14.8 Å². The number of hydrogen-bond donors (Lipinski definition) is 1. The molecule has 0 atom stereocenters. The molecule has 0 unspecified atom stereocenters. The van der Waals surface area contributed by atoms with Crippen molar-refractivity contribution in [3.63, 3.8) is 0 Å². The second-order valence-corrected chi connectivity index (χ2v) is 6.55. The van der Waals surface area contributed by atoms with Crippen molar-refractivity contribution >= 4 is 16.6 Å². The minimum Gasteiger partial charge on any atom is -0.438 e. The molecule has 136 valence electrons. The zero-order valence-electron chi connectivity index (χ0n) is 15.2. The van der Waals surface area contributed by atoms with Gasteiger partial charge in [0.05, 0.1) is 5.56 Å². The van der Waals surface area contributed by atoms with E-state index in [2.05, 4.69) is 28.4 Å². The van der Waals surface area contributed by atoms with Gasteiger partial charge in [-0.25, -0.2) is 4.98 Å². The van der Waals surface area contributed by atoms with Crippen molar-refractivity contribution in [2.24, 2.45) is 5.16 Å². The van der Waals surface area contributed by atoms with Crippen LogP contribution >= 0.6 is 0 Å². The van der Waals surface area contributed by atoms with Gasteiger partial charge in [-0.3, -0.25) is 0 Å². The number of fused-ring (bicyclic) bond motifs is 1. The number of amidine groups is 1. The molecule has 0 amide bonds. The Morgan fingerprint density at radius 1 is 1.07 bits per heavy atom. The van der Waals surface area contributed by atoms with Crippen LogP contribution in [0.1, 0.15) is 17.7 Å². The zero-order valence-corrected chi connectivity index (χ0v) is 15.2. The van der Waals surface area contributed by atoms with Crippen LogP contribution in [0.4, 0.5) is 0 Å². The van der Waals surface area contributed by atoms with Gasteiger partial charge in [-0.05, 0) is 48.4 Å². The summed E-state index contributed by atoms with van der Waals surface area (Å²) in [6, 6.07) is 17.9. The first kappa shape index (κ1) is 17.1. The Hall–Kier alpha value is -3.34. The standard InChI is InChI=1S/C22H21N3O2/c1-16-9-12-20(21(24-26)25-13-5-2-6-14-25)22(23-16)27-19-11-10-17-7-3-4-8-18(17)15-19/h2-5,7-12,15,26H,6,13-14H2,1H3/b24-21-. The van der Waals surface area contributed by atoms with E-state index in [0.29, 0.717) is 29.6 Å². The van der Waals surface area contributed by atoms with Gasteiger partial charge in [-0.1, -0.05) is 47.6 Å². The highest BCUT2D eigenvalue weighted by molar-refractivity contribution is 6.00. The average molecular weight is 359 g/mol. The Balaban J connectivity index is 1.71. The minimum absolute atomic E-state index is 0.438. The first-order valence-electron chi connectivity index (χ1n) is 9.01. The molecule has 0 fully saturated rings. The summed E-state index contributed by atoms with van der Waals surface area (Å²) in [4.78, 5) is 6.57. The van der Waals surface area contributed by atoms with Gasteiger partial charge in [0.1, 0.15) is 5.75 Å². The van der Waals surface area contributed by atoms with E-state index in [-0.39, 0.29) is 0 Å². The molecule has 5 nitrogen and oxygen atoms in total. The summed E-state index contributed by atoms with van der Waals surface area (Å²) in [7, 11) is 0. The predicted octanol–water partition coefficient (Wildman–Crippen LogP) is 4.73. The molecule has 0 saturated carbocycles. The topological polar surface area (TPSA) is 58.0 Å². The summed E-state index contributed by atoms with van der Waals surface area (Å²) < 4.78 is 6.12. The van der Waals surface area contributed by atoms with Gasteiger partial charge in [0, 0.05) is 18.8 Å². The lowest BCUT2D eigenvalue weighted by Gasteiger charge is -2.26. The van der Waals surface area contributed by atoms with E-state index < -0.39 is 0 Å². The van der Waals surface area contributed by atoms with Gasteiger partial charge in [-0.2, -0.15) is 0 Å². The first-order valence-corrected chi connectivity index (χ1v) is 9.01. The highest BCUT2D eigenvalue weighted by Crippen LogP contribution is 2.28. The lowest BCUT2D eigenvalue weighted by Crippen LogP contribution is -2.34. The van der Waals surface area contributed by atoms with Crippen LogP contribution in [0.25, 0.3) is 10.8 Å². The van der Waals surface area contributed by atoms with Crippen LogP contribution < -0.4 is 4.74 Å². The fraction of sp³-hybridized carbons (Fsp3) is 0.182. The van der Waals surface area contributed by atoms with Gasteiger partial charge in [0.2, 0.25) is 5.88 Å². The van der Waals surface area contributed by atoms with Crippen molar-refractivity contribution in [2.45, 2.75) is 13.3 Å². The van der Waals surface area contributed by atoms with E-state index in [0.717, 1.165) is 29.4 Å². The molecule has 3 aromatic rings. The normalized spacial score (nSPS) is 14.6. The van der Waals surface area contributed by atoms with E-state index in [1.165, 1.54) is 0 Å². The number of aryl methyl sites for hydroxylation is 1. The molecular formula is C22H21N3O2. The Morgan fingerprint density at radius 3 is 2.70 bits per heavy atom. The van der Waals surface area contributed by atoms with Crippen molar-refractivity contribution < 1.29 is 9.94 Å². The maximum Gasteiger partial charge on any atom is 0.230 e. The molecule has 1 aromatic heterocycles. The lowest BCUT2D eigenvalue weighted by molar-refractivity contribution is 0.302. The summed E-state index contributed by atoms with van der Waals surface area (Å²) in [5.74, 6) is 1.61. The van der Waals surface area contributed by atoms with Crippen LogP contribution in [0.3, 0.4) is 0 Å². The van der Waals surface area contributed by atoms with Crippen molar-refractivity contribution in [2.75, 3.05) is 13.1 Å². The van der Waals surface area contributed by atoms with Crippen molar-refractivity contribution in [3.8, 4) is 11.6 Å². The molecule has 0 spiro atoms. The third-order valence-electron chi connectivity index (χ3n) is 4.63. The van der Waals surface area contributed by atoms with E-state index in [1.54, 1.807) is 0 Å². The third kappa shape index (κ3) is 3.62. The Kier molecular flexibility index (Phi) is 4.75. The van der Waals surface area contributed by atoms with Crippen LogP contribution in [-0.4, -0.2) is 34.0 Å². The highest BCUT2D eigenvalue weighted by atomic mass is 16.5. The second kappa shape index (κ2) is 7.50. The van der Waals surface area contributed by atoms with Gasteiger partial charge in [0.25, 0.3) is 0 Å². The molecule has 0 saturated heterocycles. The first-order chi connectivity index (χ1) is 13.2. The van der Waals surface area contributed by atoms with E-state index in [9.17, 15) is 5.21 Å².